The predicted octanol–water partition coefficient (Wildman–Crippen LogP) is 5.72. The Hall–Kier alpha value is -2.83. The van der Waals surface area contributed by atoms with Crippen molar-refractivity contribution in [2.24, 2.45) is 0 Å². The van der Waals surface area contributed by atoms with Crippen molar-refractivity contribution in [1.29, 1.82) is 0 Å². The van der Waals surface area contributed by atoms with E-state index in [2.05, 4.69) is 29.2 Å². The van der Waals surface area contributed by atoms with Gasteiger partial charge in [-0.3, -0.25) is 14.5 Å². The molecule has 2 heterocycles. The lowest BCUT2D eigenvalue weighted by atomic mass is 9.96. The Kier molecular flexibility index (Phi) is 6.85. The molecule has 2 amide bonds. The van der Waals surface area contributed by atoms with E-state index in [4.69, 9.17) is 34.8 Å². The zero-order chi connectivity index (χ0) is 24.5. The summed E-state index contributed by atoms with van der Waals surface area (Å²) in [5, 5.41) is 0.584. The summed E-state index contributed by atoms with van der Waals surface area (Å²) in [4.78, 5) is 31.6. The lowest BCUT2D eigenvalue weighted by Gasteiger charge is -2.40. The van der Waals surface area contributed by atoms with Gasteiger partial charge in [0.25, 0.3) is 11.8 Å². The second-order valence-corrected chi connectivity index (χ2v) is 9.73. The van der Waals surface area contributed by atoms with E-state index in [0.717, 1.165) is 4.90 Å². The number of carbonyl (C=O) groups is 2. The largest absolute Gasteiger partial charge is 0.363 e. The van der Waals surface area contributed by atoms with Gasteiger partial charge in [-0.25, -0.2) is 4.90 Å². The average molecular weight is 527 g/mol. The molecule has 0 spiro atoms. The van der Waals surface area contributed by atoms with Crippen molar-refractivity contribution in [3.63, 3.8) is 0 Å². The molecular formula is C27H22Cl3N3O2. The van der Waals surface area contributed by atoms with Gasteiger partial charge in [0.2, 0.25) is 0 Å². The Morgan fingerprint density at radius 3 is 1.69 bits per heavy atom. The van der Waals surface area contributed by atoms with Crippen LogP contribution in [0, 0.1) is 0 Å². The number of benzene rings is 3. The van der Waals surface area contributed by atoms with E-state index in [1.807, 2.05) is 41.3 Å². The third-order valence-corrected chi connectivity index (χ3v) is 7.11. The normalized spacial score (nSPS) is 17.1. The number of rotatable bonds is 5. The van der Waals surface area contributed by atoms with Gasteiger partial charge >= 0.3 is 0 Å². The summed E-state index contributed by atoms with van der Waals surface area (Å²) in [5.74, 6) is -1.03. The summed E-state index contributed by atoms with van der Waals surface area (Å²) < 4.78 is 0. The van der Waals surface area contributed by atoms with Crippen molar-refractivity contribution in [3.8, 4) is 0 Å². The standard InChI is InChI=1S/C27H22Cl3N3O2/c28-20-15-21(29)17-22(16-20)33-26(34)23(30)25(27(33)35)32-13-11-31(12-14-32)24(18-7-3-1-4-8-18)19-9-5-2-6-10-19/h1-10,15-17,24H,11-14H2. The van der Waals surface area contributed by atoms with Gasteiger partial charge in [-0.2, -0.15) is 0 Å². The third-order valence-electron chi connectivity index (χ3n) is 6.34. The molecule has 5 nitrogen and oxygen atoms in total. The van der Waals surface area contributed by atoms with Crippen molar-refractivity contribution >= 4 is 52.3 Å². The highest BCUT2D eigenvalue weighted by Gasteiger charge is 2.42. The van der Waals surface area contributed by atoms with Crippen molar-refractivity contribution in [2.75, 3.05) is 31.1 Å². The first kappa shape index (κ1) is 23.9. The van der Waals surface area contributed by atoms with Crippen LogP contribution in [0.3, 0.4) is 0 Å². The van der Waals surface area contributed by atoms with E-state index in [1.54, 1.807) is 6.07 Å². The average Bonchev–Trinajstić information content (AvgIpc) is 3.08. The molecule has 0 atom stereocenters. The summed E-state index contributed by atoms with van der Waals surface area (Å²) in [6, 6.07) is 25.4. The van der Waals surface area contributed by atoms with Gasteiger partial charge in [-0.05, 0) is 29.3 Å². The fraction of sp³-hybridized carbons (Fsp3) is 0.185. The van der Waals surface area contributed by atoms with Crippen LogP contribution >= 0.6 is 34.8 Å². The van der Waals surface area contributed by atoms with E-state index in [-0.39, 0.29) is 16.8 Å². The molecule has 0 saturated carbocycles. The molecule has 0 radical (unpaired) electrons. The van der Waals surface area contributed by atoms with Crippen LogP contribution in [0.15, 0.2) is 89.6 Å². The molecule has 2 aliphatic rings. The maximum absolute atomic E-state index is 13.3. The molecule has 178 valence electrons. The molecule has 35 heavy (non-hydrogen) atoms. The molecule has 0 aromatic heterocycles. The van der Waals surface area contributed by atoms with Gasteiger partial charge in [0.15, 0.2) is 0 Å². The molecule has 3 aromatic rings. The fourth-order valence-corrected chi connectivity index (χ4v) is 5.56. The van der Waals surface area contributed by atoms with Crippen LogP contribution in [0.2, 0.25) is 10.0 Å². The first-order valence-corrected chi connectivity index (χ1v) is 12.4. The minimum atomic E-state index is -0.570. The summed E-state index contributed by atoms with van der Waals surface area (Å²) in [6.45, 7) is 2.52. The molecule has 1 fully saturated rings. The van der Waals surface area contributed by atoms with E-state index in [1.165, 1.54) is 23.3 Å². The molecule has 5 rings (SSSR count). The van der Waals surface area contributed by atoms with E-state index < -0.39 is 11.8 Å². The minimum Gasteiger partial charge on any atom is -0.363 e. The number of imide groups is 1. The Bertz CT molecular complexity index is 1230. The van der Waals surface area contributed by atoms with Crippen molar-refractivity contribution < 1.29 is 9.59 Å². The number of hydrogen-bond acceptors (Lipinski definition) is 4. The van der Waals surface area contributed by atoms with Crippen LogP contribution in [0.5, 0.6) is 0 Å². The van der Waals surface area contributed by atoms with Crippen molar-refractivity contribution in [1.82, 2.24) is 9.80 Å². The fourth-order valence-electron chi connectivity index (χ4n) is 4.76. The molecule has 3 aromatic carbocycles. The predicted molar refractivity (Wildman–Crippen MR) is 140 cm³/mol. The maximum Gasteiger partial charge on any atom is 0.283 e. The molecule has 0 unspecified atom stereocenters. The van der Waals surface area contributed by atoms with E-state index in [9.17, 15) is 9.59 Å². The molecule has 0 aliphatic carbocycles. The quantitative estimate of drug-likeness (QED) is 0.399. The number of amides is 2. The second-order valence-electron chi connectivity index (χ2n) is 8.48. The monoisotopic (exact) mass is 525 g/mol. The minimum absolute atomic E-state index is 0.0813. The van der Waals surface area contributed by atoms with Crippen LogP contribution in [0.4, 0.5) is 5.69 Å². The number of halogens is 3. The molecule has 2 aliphatic heterocycles. The molecule has 8 heteroatoms. The zero-order valence-corrected chi connectivity index (χ0v) is 21.0. The number of piperazine rings is 1. The Labute approximate surface area is 219 Å². The van der Waals surface area contributed by atoms with Gasteiger partial charge in [0, 0.05) is 36.2 Å². The van der Waals surface area contributed by atoms with E-state index >= 15 is 0 Å². The smallest absolute Gasteiger partial charge is 0.283 e. The number of hydrogen-bond donors (Lipinski definition) is 0. The van der Waals surface area contributed by atoms with Gasteiger partial charge < -0.3 is 4.90 Å². The van der Waals surface area contributed by atoms with Crippen molar-refractivity contribution in [2.45, 2.75) is 6.04 Å². The molecule has 0 N–H and O–H groups in total. The molecular weight excluding hydrogens is 505 g/mol. The summed E-state index contributed by atoms with van der Waals surface area (Å²) >= 11 is 18.6. The summed E-state index contributed by atoms with van der Waals surface area (Å²) in [7, 11) is 0. The van der Waals surface area contributed by atoms with Gasteiger partial charge in [0.05, 0.1) is 11.7 Å². The van der Waals surface area contributed by atoms with Crippen LogP contribution in [-0.4, -0.2) is 47.8 Å². The maximum atomic E-state index is 13.3. The van der Waals surface area contributed by atoms with Gasteiger partial charge in [-0.1, -0.05) is 95.5 Å². The number of nitrogens with zero attached hydrogens (tertiary/aromatic N) is 3. The van der Waals surface area contributed by atoms with Crippen LogP contribution in [-0.2, 0) is 9.59 Å². The number of carbonyl (C=O) groups excluding carboxylic acids is 2. The first-order chi connectivity index (χ1) is 16.9. The van der Waals surface area contributed by atoms with Crippen molar-refractivity contribution in [3.05, 3.63) is 111 Å². The first-order valence-electron chi connectivity index (χ1n) is 11.3. The Morgan fingerprint density at radius 1 is 0.657 bits per heavy atom. The molecule has 0 bridgehead atoms. The number of anilines is 1. The SMILES string of the molecule is O=C1C(Cl)=C(N2CCN(C(c3ccccc3)c3ccccc3)CC2)C(=O)N1c1cc(Cl)cc(Cl)c1. The second kappa shape index (κ2) is 10.0. The lowest BCUT2D eigenvalue weighted by molar-refractivity contribution is -0.121. The Balaban J connectivity index is 1.37. The van der Waals surface area contributed by atoms with E-state index in [0.29, 0.717) is 41.9 Å². The lowest BCUT2D eigenvalue weighted by Crippen LogP contribution is -2.48. The highest BCUT2D eigenvalue weighted by Crippen LogP contribution is 2.35. The highest BCUT2D eigenvalue weighted by molar-refractivity contribution is 6.52. The van der Waals surface area contributed by atoms with Crippen LogP contribution in [0.1, 0.15) is 17.2 Å². The van der Waals surface area contributed by atoms with Crippen LogP contribution in [0.25, 0.3) is 0 Å². The summed E-state index contributed by atoms with van der Waals surface area (Å²) in [5.41, 5.74) is 2.95. The topological polar surface area (TPSA) is 43.9 Å². The van der Waals surface area contributed by atoms with Gasteiger partial charge in [0.1, 0.15) is 10.7 Å². The molecule has 1 saturated heterocycles. The zero-order valence-electron chi connectivity index (χ0n) is 18.7. The third kappa shape index (κ3) is 4.69. The van der Waals surface area contributed by atoms with Gasteiger partial charge in [-0.15, -0.1) is 0 Å². The summed E-state index contributed by atoms with van der Waals surface area (Å²) in [6.07, 6.45) is 0. The Morgan fingerprint density at radius 2 is 1.17 bits per heavy atom. The van der Waals surface area contributed by atoms with Crippen LogP contribution < -0.4 is 4.90 Å². The highest BCUT2D eigenvalue weighted by atomic mass is 35.5.